The average Bonchev–Trinajstić information content (AvgIpc) is 2.99. The Morgan fingerprint density at radius 2 is 1.90 bits per heavy atom. The molecule has 1 atom stereocenters. The minimum absolute atomic E-state index is 0.0424. The molecule has 114 valence electrons. The van der Waals surface area contributed by atoms with E-state index in [4.69, 9.17) is 0 Å². The Morgan fingerprint density at radius 3 is 2.62 bits per heavy atom. The summed E-state index contributed by atoms with van der Waals surface area (Å²) in [5.41, 5.74) is 0.426. The number of likely N-dealkylation sites (tertiary alicyclic amines) is 1. The molecule has 0 radical (unpaired) electrons. The zero-order chi connectivity index (χ0) is 14.8. The van der Waals surface area contributed by atoms with Crippen LogP contribution in [0.4, 0.5) is 0 Å². The lowest BCUT2D eigenvalue weighted by Crippen LogP contribution is -2.41. The van der Waals surface area contributed by atoms with Gasteiger partial charge in [0.25, 0.3) is 11.5 Å². The molecule has 2 aliphatic rings. The normalized spacial score (nSPS) is 23.5. The number of carbonyl (C=O) groups excluding carboxylic acids is 1. The molecule has 0 spiro atoms. The molecule has 0 N–H and O–H groups in total. The van der Waals surface area contributed by atoms with Gasteiger partial charge in [0, 0.05) is 37.5 Å². The summed E-state index contributed by atoms with van der Waals surface area (Å²) < 4.78 is 1.50. The SMILES string of the molecule is Cn1ccc(C(=O)N2CCCC2C2CCCCC2)cc1=O. The molecule has 1 aromatic rings. The molecular formula is C17H24N2O2. The second kappa shape index (κ2) is 6.04. The van der Waals surface area contributed by atoms with Gasteiger partial charge in [0.1, 0.15) is 0 Å². The summed E-state index contributed by atoms with van der Waals surface area (Å²) >= 11 is 0. The third-order valence-electron chi connectivity index (χ3n) is 5.11. The molecule has 1 aliphatic heterocycles. The first-order chi connectivity index (χ1) is 10.2. The Labute approximate surface area is 125 Å². The number of rotatable bonds is 2. The van der Waals surface area contributed by atoms with Crippen molar-refractivity contribution in [1.29, 1.82) is 0 Å². The second-order valence-corrected chi connectivity index (χ2v) is 6.47. The number of pyridine rings is 1. The van der Waals surface area contributed by atoms with Crippen molar-refractivity contribution in [3.8, 4) is 0 Å². The summed E-state index contributed by atoms with van der Waals surface area (Å²) in [7, 11) is 1.71. The van der Waals surface area contributed by atoms with Crippen LogP contribution in [0.15, 0.2) is 23.1 Å². The van der Waals surface area contributed by atoms with Gasteiger partial charge >= 0.3 is 0 Å². The highest BCUT2D eigenvalue weighted by molar-refractivity contribution is 5.94. The van der Waals surface area contributed by atoms with Crippen molar-refractivity contribution >= 4 is 5.91 Å². The minimum Gasteiger partial charge on any atom is -0.335 e. The van der Waals surface area contributed by atoms with Crippen LogP contribution < -0.4 is 5.56 Å². The Bertz CT molecular complexity index is 572. The van der Waals surface area contributed by atoms with Crippen molar-refractivity contribution in [2.75, 3.05) is 6.54 Å². The van der Waals surface area contributed by atoms with E-state index in [0.29, 0.717) is 17.5 Å². The van der Waals surface area contributed by atoms with Gasteiger partial charge in [0.15, 0.2) is 0 Å². The molecule has 2 fully saturated rings. The summed E-state index contributed by atoms with van der Waals surface area (Å²) in [5, 5.41) is 0. The molecule has 21 heavy (non-hydrogen) atoms. The van der Waals surface area contributed by atoms with Gasteiger partial charge in [-0.1, -0.05) is 19.3 Å². The first-order valence-corrected chi connectivity index (χ1v) is 8.14. The van der Waals surface area contributed by atoms with E-state index < -0.39 is 0 Å². The van der Waals surface area contributed by atoms with Gasteiger partial charge in [-0.05, 0) is 37.7 Å². The van der Waals surface area contributed by atoms with Crippen LogP contribution in [0, 0.1) is 5.92 Å². The number of carbonyl (C=O) groups is 1. The topological polar surface area (TPSA) is 42.3 Å². The van der Waals surface area contributed by atoms with E-state index in [9.17, 15) is 9.59 Å². The molecule has 1 amide bonds. The molecule has 1 aliphatic carbocycles. The zero-order valence-electron chi connectivity index (χ0n) is 12.8. The number of hydrogen-bond acceptors (Lipinski definition) is 2. The van der Waals surface area contributed by atoms with Gasteiger partial charge in [0.2, 0.25) is 0 Å². The molecule has 3 rings (SSSR count). The van der Waals surface area contributed by atoms with Crippen molar-refractivity contribution in [3.63, 3.8) is 0 Å². The fraction of sp³-hybridized carbons (Fsp3) is 0.647. The van der Waals surface area contributed by atoms with Crippen molar-refractivity contribution in [2.24, 2.45) is 13.0 Å². The predicted molar refractivity (Wildman–Crippen MR) is 82.3 cm³/mol. The third-order valence-corrected chi connectivity index (χ3v) is 5.11. The van der Waals surface area contributed by atoms with Gasteiger partial charge < -0.3 is 9.47 Å². The quantitative estimate of drug-likeness (QED) is 0.839. The van der Waals surface area contributed by atoms with Gasteiger partial charge in [-0.2, -0.15) is 0 Å². The molecule has 0 aromatic carbocycles. The maximum Gasteiger partial charge on any atom is 0.254 e. The Morgan fingerprint density at radius 1 is 1.14 bits per heavy atom. The summed E-state index contributed by atoms with van der Waals surface area (Å²) in [6.45, 7) is 0.842. The largest absolute Gasteiger partial charge is 0.335 e. The van der Waals surface area contributed by atoms with E-state index in [0.717, 1.165) is 19.4 Å². The predicted octanol–water partition coefficient (Wildman–Crippen LogP) is 2.57. The average molecular weight is 288 g/mol. The summed E-state index contributed by atoms with van der Waals surface area (Å²) in [6.07, 6.45) is 10.4. The van der Waals surface area contributed by atoms with Crippen molar-refractivity contribution in [2.45, 2.75) is 51.0 Å². The molecule has 1 saturated carbocycles. The lowest BCUT2D eigenvalue weighted by atomic mass is 9.83. The van der Waals surface area contributed by atoms with E-state index in [1.165, 1.54) is 42.7 Å². The monoisotopic (exact) mass is 288 g/mol. The van der Waals surface area contributed by atoms with Gasteiger partial charge in [0.05, 0.1) is 0 Å². The molecule has 2 heterocycles. The van der Waals surface area contributed by atoms with Crippen LogP contribution in [0.2, 0.25) is 0 Å². The Kier molecular flexibility index (Phi) is 4.13. The molecule has 1 unspecified atom stereocenters. The smallest absolute Gasteiger partial charge is 0.254 e. The van der Waals surface area contributed by atoms with Crippen LogP contribution in [0.1, 0.15) is 55.3 Å². The van der Waals surface area contributed by atoms with Crippen molar-refractivity contribution < 1.29 is 4.79 Å². The zero-order valence-corrected chi connectivity index (χ0v) is 12.8. The van der Waals surface area contributed by atoms with E-state index in [1.807, 2.05) is 4.90 Å². The first-order valence-electron chi connectivity index (χ1n) is 8.14. The number of amides is 1. The van der Waals surface area contributed by atoms with E-state index in [1.54, 1.807) is 19.3 Å². The van der Waals surface area contributed by atoms with Crippen molar-refractivity contribution in [3.05, 3.63) is 34.2 Å². The fourth-order valence-corrected chi connectivity index (χ4v) is 3.90. The van der Waals surface area contributed by atoms with Crippen LogP contribution in [-0.2, 0) is 7.05 Å². The lowest BCUT2D eigenvalue weighted by molar-refractivity contribution is 0.0661. The summed E-state index contributed by atoms with van der Waals surface area (Å²) in [5.74, 6) is 0.706. The van der Waals surface area contributed by atoms with Crippen LogP contribution in [0.5, 0.6) is 0 Å². The van der Waals surface area contributed by atoms with Crippen LogP contribution in [0.25, 0.3) is 0 Å². The summed E-state index contributed by atoms with van der Waals surface area (Å²) in [6, 6.07) is 3.63. The van der Waals surface area contributed by atoms with Gasteiger partial charge in [-0.15, -0.1) is 0 Å². The van der Waals surface area contributed by atoms with E-state index in [2.05, 4.69) is 0 Å². The highest BCUT2D eigenvalue weighted by atomic mass is 16.2. The van der Waals surface area contributed by atoms with Gasteiger partial charge in [-0.3, -0.25) is 9.59 Å². The minimum atomic E-state index is -0.116. The fourth-order valence-electron chi connectivity index (χ4n) is 3.90. The molecule has 4 heteroatoms. The molecule has 4 nitrogen and oxygen atoms in total. The van der Waals surface area contributed by atoms with Crippen molar-refractivity contribution in [1.82, 2.24) is 9.47 Å². The van der Waals surface area contributed by atoms with Crippen LogP contribution in [-0.4, -0.2) is 28.0 Å². The maximum absolute atomic E-state index is 12.7. The highest BCUT2D eigenvalue weighted by Crippen LogP contribution is 2.34. The first kappa shape index (κ1) is 14.4. The molecule has 0 bridgehead atoms. The standard InChI is InChI=1S/C17H24N2O2/c1-18-11-9-14(12-16(18)20)17(21)19-10-5-8-15(19)13-6-3-2-4-7-13/h9,11-13,15H,2-8,10H2,1H3. The molecule has 1 saturated heterocycles. The summed E-state index contributed by atoms with van der Waals surface area (Å²) in [4.78, 5) is 26.5. The second-order valence-electron chi connectivity index (χ2n) is 6.47. The molecular weight excluding hydrogens is 264 g/mol. The Hall–Kier alpha value is -1.58. The highest BCUT2D eigenvalue weighted by Gasteiger charge is 2.35. The van der Waals surface area contributed by atoms with Crippen LogP contribution in [0.3, 0.4) is 0 Å². The lowest BCUT2D eigenvalue weighted by Gasteiger charge is -2.34. The third kappa shape index (κ3) is 2.89. The molecule has 1 aromatic heterocycles. The number of aryl methyl sites for hydroxylation is 1. The number of aromatic nitrogens is 1. The van der Waals surface area contributed by atoms with E-state index in [-0.39, 0.29) is 11.5 Å². The number of hydrogen-bond donors (Lipinski definition) is 0. The van der Waals surface area contributed by atoms with E-state index >= 15 is 0 Å². The van der Waals surface area contributed by atoms with Gasteiger partial charge in [-0.25, -0.2) is 0 Å². The Balaban J connectivity index is 1.79. The maximum atomic E-state index is 12.7. The van der Waals surface area contributed by atoms with Crippen LogP contribution >= 0.6 is 0 Å². The number of nitrogens with zero attached hydrogens (tertiary/aromatic N) is 2.